The first-order valence-electron chi connectivity index (χ1n) is 8.24. The van der Waals surface area contributed by atoms with Gasteiger partial charge in [0.2, 0.25) is 0 Å². The Morgan fingerprint density at radius 1 is 1.19 bits per heavy atom. The largest absolute Gasteiger partial charge is 0.378 e. The van der Waals surface area contributed by atoms with Gasteiger partial charge in [-0.05, 0) is 42.7 Å². The Hall–Kier alpha value is -2.10. The lowest BCUT2D eigenvalue weighted by atomic mass is 10.2. The number of ether oxygens (including phenoxy) is 1. The number of carbonyl (C=O) groups excluding carboxylic acids is 1. The number of nitrogens with zero attached hydrogens (tertiary/aromatic N) is 1. The average molecular weight is 410 g/mol. The number of nitrogens with one attached hydrogen (secondary N) is 1. The highest BCUT2D eigenvalue weighted by Gasteiger charge is 2.24. The number of anilines is 1. The summed E-state index contributed by atoms with van der Waals surface area (Å²) in [5.41, 5.74) is 0.441. The number of sulfonamides is 1. The lowest BCUT2D eigenvalue weighted by molar-refractivity contribution is 0.0300. The number of hydrogen-bond acceptors (Lipinski definition) is 5. The maximum absolute atomic E-state index is 13.3. The van der Waals surface area contributed by atoms with Gasteiger partial charge in [-0.25, -0.2) is 12.8 Å². The normalized spacial score (nSPS) is 14.8. The van der Waals surface area contributed by atoms with Crippen LogP contribution < -0.4 is 4.72 Å². The van der Waals surface area contributed by atoms with Crippen molar-refractivity contribution >= 4 is 33.4 Å². The van der Waals surface area contributed by atoms with E-state index < -0.39 is 15.8 Å². The van der Waals surface area contributed by atoms with Crippen LogP contribution in [0.2, 0.25) is 0 Å². The van der Waals surface area contributed by atoms with Crippen molar-refractivity contribution in [1.29, 1.82) is 0 Å². The summed E-state index contributed by atoms with van der Waals surface area (Å²) in [5.74, 6) is -0.776. The molecule has 1 amide bonds. The number of carbonyl (C=O) groups is 1. The van der Waals surface area contributed by atoms with E-state index >= 15 is 0 Å². The van der Waals surface area contributed by atoms with Gasteiger partial charge < -0.3 is 9.64 Å². The van der Waals surface area contributed by atoms with E-state index in [1.165, 1.54) is 42.1 Å². The molecule has 0 bridgehead atoms. The SMILES string of the molecule is CSc1ccc(S(=O)(=O)Nc2cccc(F)c2)cc1C(=O)N1CCOCC1. The van der Waals surface area contributed by atoms with Gasteiger partial charge in [-0.2, -0.15) is 0 Å². The molecular formula is C18H19FN2O4S2. The first-order chi connectivity index (χ1) is 12.9. The molecule has 0 radical (unpaired) electrons. The van der Waals surface area contributed by atoms with Gasteiger partial charge in [0, 0.05) is 18.0 Å². The van der Waals surface area contributed by atoms with Crippen LogP contribution in [0.4, 0.5) is 10.1 Å². The Labute approximate surface area is 161 Å². The van der Waals surface area contributed by atoms with Crippen LogP contribution in [0, 0.1) is 5.82 Å². The molecule has 2 aromatic carbocycles. The van der Waals surface area contributed by atoms with Crippen LogP contribution in [0.3, 0.4) is 0 Å². The van der Waals surface area contributed by atoms with Crippen molar-refractivity contribution in [1.82, 2.24) is 4.90 Å². The first-order valence-corrected chi connectivity index (χ1v) is 10.9. The number of amides is 1. The zero-order valence-electron chi connectivity index (χ0n) is 14.6. The number of halogens is 1. The zero-order chi connectivity index (χ0) is 19.4. The number of benzene rings is 2. The minimum absolute atomic E-state index is 0.0545. The van der Waals surface area contributed by atoms with E-state index in [2.05, 4.69) is 4.72 Å². The molecule has 1 heterocycles. The second-order valence-corrected chi connectivity index (χ2v) is 8.41. The summed E-state index contributed by atoms with van der Waals surface area (Å²) in [7, 11) is -3.96. The van der Waals surface area contributed by atoms with Crippen LogP contribution in [-0.2, 0) is 14.8 Å². The minimum atomic E-state index is -3.96. The highest BCUT2D eigenvalue weighted by Crippen LogP contribution is 2.26. The molecule has 1 N–H and O–H groups in total. The van der Waals surface area contributed by atoms with E-state index in [0.717, 1.165) is 6.07 Å². The first kappa shape index (κ1) is 19.7. The van der Waals surface area contributed by atoms with Gasteiger partial charge in [0.15, 0.2) is 0 Å². The Morgan fingerprint density at radius 2 is 1.93 bits per heavy atom. The monoisotopic (exact) mass is 410 g/mol. The Kier molecular flexibility index (Phi) is 6.03. The number of thioether (sulfide) groups is 1. The van der Waals surface area contributed by atoms with E-state index in [9.17, 15) is 17.6 Å². The van der Waals surface area contributed by atoms with Crippen LogP contribution in [0.5, 0.6) is 0 Å². The maximum atomic E-state index is 13.3. The molecule has 0 aliphatic carbocycles. The van der Waals surface area contributed by atoms with Gasteiger partial charge in [0.25, 0.3) is 15.9 Å². The average Bonchev–Trinajstić information content (AvgIpc) is 2.67. The molecule has 2 aromatic rings. The van der Waals surface area contributed by atoms with E-state index in [0.29, 0.717) is 36.8 Å². The molecule has 1 aliphatic heterocycles. The number of morpholine rings is 1. The molecule has 1 saturated heterocycles. The molecule has 0 spiro atoms. The summed E-state index contributed by atoms with van der Waals surface area (Å²) in [5, 5.41) is 0. The third-order valence-corrected chi connectivity index (χ3v) is 6.26. The third kappa shape index (κ3) is 4.60. The Bertz CT molecular complexity index is 944. The summed E-state index contributed by atoms with van der Waals surface area (Å²) < 4.78 is 46.3. The topological polar surface area (TPSA) is 75.7 Å². The Balaban J connectivity index is 1.92. The summed E-state index contributed by atoms with van der Waals surface area (Å²) >= 11 is 1.37. The molecular weight excluding hydrogens is 391 g/mol. The van der Waals surface area contributed by atoms with Crippen molar-refractivity contribution in [2.45, 2.75) is 9.79 Å². The van der Waals surface area contributed by atoms with Crippen molar-refractivity contribution < 1.29 is 22.3 Å². The van der Waals surface area contributed by atoms with Crippen LogP contribution in [0.25, 0.3) is 0 Å². The molecule has 27 heavy (non-hydrogen) atoms. The second kappa shape index (κ2) is 8.28. The molecule has 6 nitrogen and oxygen atoms in total. The van der Waals surface area contributed by atoms with Crippen molar-refractivity contribution in [2.75, 3.05) is 37.3 Å². The van der Waals surface area contributed by atoms with E-state index in [-0.39, 0.29) is 16.5 Å². The predicted molar refractivity (Wildman–Crippen MR) is 102 cm³/mol. The van der Waals surface area contributed by atoms with Crippen molar-refractivity contribution in [3.8, 4) is 0 Å². The van der Waals surface area contributed by atoms with Gasteiger partial charge in [0.05, 0.1) is 29.4 Å². The number of rotatable bonds is 5. The fourth-order valence-electron chi connectivity index (χ4n) is 2.72. The number of hydrogen-bond donors (Lipinski definition) is 1. The molecule has 0 aromatic heterocycles. The fraction of sp³-hybridized carbons (Fsp3) is 0.278. The maximum Gasteiger partial charge on any atom is 0.261 e. The Morgan fingerprint density at radius 3 is 2.59 bits per heavy atom. The lowest BCUT2D eigenvalue weighted by Gasteiger charge is -2.27. The minimum Gasteiger partial charge on any atom is -0.378 e. The van der Waals surface area contributed by atoms with Gasteiger partial charge in [-0.1, -0.05) is 6.07 Å². The molecule has 9 heteroatoms. The van der Waals surface area contributed by atoms with Gasteiger partial charge in [0.1, 0.15) is 5.82 Å². The van der Waals surface area contributed by atoms with Gasteiger partial charge >= 0.3 is 0 Å². The van der Waals surface area contributed by atoms with Gasteiger partial charge in [-0.3, -0.25) is 9.52 Å². The predicted octanol–water partition coefficient (Wildman–Crippen LogP) is 2.82. The zero-order valence-corrected chi connectivity index (χ0v) is 16.3. The smallest absolute Gasteiger partial charge is 0.261 e. The molecule has 144 valence electrons. The van der Waals surface area contributed by atoms with Crippen LogP contribution in [0.15, 0.2) is 52.3 Å². The van der Waals surface area contributed by atoms with Crippen LogP contribution >= 0.6 is 11.8 Å². The molecule has 0 atom stereocenters. The van der Waals surface area contributed by atoms with E-state index in [1.807, 2.05) is 6.26 Å². The second-order valence-electron chi connectivity index (χ2n) is 5.88. The fourth-order valence-corrected chi connectivity index (χ4v) is 4.37. The van der Waals surface area contributed by atoms with Crippen molar-refractivity contribution in [2.24, 2.45) is 0 Å². The summed E-state index contributed by atoms with van der Waals surface area (Å²) in [6.07, 6.45) is 1.82. The lowest BCUT2D eigenvalue weighted by Crippen LogP contribution is -2.40. The highest BCUT2D eigenvalue weighted by molar-refractivity contribution is 7.98. The standard InChI is InChI=1S/C18H19FN2O4S2/c1-26-17-6-5-15(12-16(17)18(22)21-7-9-25-10-8-21)27(23,24)20-14-4-2-3-13(19)11-14/h2-6,11-12,20H,7-10H2,1H3. The van der Waals surface area contributed by atoms with Crippen molar-refractivity contribution in [3.63, 3.8) is 0 Å². The highest BCUT2D eigenvalue weighted by atomic mass is 32.2. The molecule has 0 saturated carbocycles. The van der Waals surface area contributed by atoms with E-state index in [1.54, 1.807) is 11.0 Å². The van der Waals surface area contributed by atoms with Crippen molar-refractivity contribution in [3.05, 3.63) is 53.8 Å². The summed E-state index contributed by atoms with van der Waals surface area (Å²) in [4.78, 5) is 15.1. The summed E-state index contributed by atoms with van der Waals surface area (Å²) in [6, 6.07) is 9.60. The molecule has 0 unspecified atom stereocenters. The van der Waals surface area contributed by atoms with Crippen LogP contribution in [-0.4, -0.2) is 51.8 Å². The van der Waals surface area contributed by atoms with E-state index in [4.69, 9.17) is 4.74 Å². The quantitative estimate of drug-likeness (QED) is 0.767. The van der Waals surface area contributed by atoms with Gasteiger partial charge in [-0.15, -0.1) is 11.8 Å². The van der Waals surface area contributed by atoms with Crippen LogP contribution in [0.1, 0.15) is 10.4 Å². The molecule has 1 fully saturated rings. The molecule has 3 rings (SSSR count). The molecule has 1 aliphatic rings. The third-order valence-electron chi connectivity index (χ3n) is 4.09. The summed E-state index contributed by atoms with van der Waals surface area (Å²) in [6.45, 7) is 1.84.